The molecule has 1 heteroatoms. The van der Waals surface area contributed by atoms with Crippen molar-refractivity contribution in [1.29, 1.82) is 0 Å². The van der Waals surface area contributed by atoms with Gasteiger partial charge in [0.1, 0.15) is 0 Å². The monoisotopic (exact) mass is 235 g/mol. The minimum absolute atomic E-state index is 0.548. The Kier molecular flexibility index (Phi) is 2.05. The molecule has 2 aromatic carbocycles. The molecule has 0 aromatic heterocycles. The van der Waals surface area contributed by atoms with Gasteiger partial charge in [-0.3, -0.25) is 0 Å². The van der Waals surface area contributed by atoms with Crippen molar-refractivity contribution in [2.24, 2.45) is 0 Å². The topological polar surface area (TPSA) is 3.24 Å². The Balaban J connectivity index is 1.90. The van der Waals surface area contributed by atoms with Crippen LogP contribution in [0.5, 0.6) is 0 Å². The maximum Gasteiger partial charge on any atom is 0.0611 e. The number of anilines is 1. The van der Waals surface area contributed by atoms with Crippen LogP contribution >= 0.6 is 0 Å². The first-order valence-corrected chi connectivity index (χ1v) is 6.79. The summed E-state index contributed by atoms with van der Waals surface area (Å²) >= 11 is 0. The second-order valence-electron chi connectivity index (χ2n) is 5.43. The van der Waals surface area contributed by atoms with E-state index in [0.717, 1.165) is 6.54 Å². The van der Waals surface area contributed by atoms with Gasteiger partial charge in [0, 0.05) is 18.2 Å². The number of para-hydroxylation sites is 1. The van der Waals surface area contributed by atoms with E-state index in [9.17, 15) is 0 Å². The fourth-order valence-electron chi connectivity index (χ4n) is 3.71. The summed E-state index contributed by atoms with van der Waals surface area (Å²) in [5.41, 5.74) is 6.04. The van der Waals surface area contributed by atoms with Gasteiger partial charge in [-0.05, 0) is 29.2 Å². The van der Waals surface area contributed by atoms with Crippen molar-refractivity contribution in [2.75, 3.05) is 11.4 Å². The fourth-order valence-corrected chi connectivity index (χ4v) is 3.71. The van der Waals surface area contributed by atoms with Crippen molar-refractivity contribution in [2.45, 2.75) is 25.3 Å². The van der Waals surface area contributed by atoms with Gasteiger partial charge in [-0.15, -0.1) is 0 Å². The van der Waals surface area contributed by atoms with Crippen molar-refractivity contribution < 1.29 is 0 Å². The van der Waals surface area contributed by atoms with Crippen LogP contribution in [0.15, 0.2) is 48.5 Å². The number of fused-ring (bicyclic) bond motifs is 5. The summed E-state index contributed by atoms with van der Waals surface area (Å²) in [7, 11) is 0. The lowest BCUT2D eigenvalue weighted by Crippen LogP contribution is -2.33. The minimum Gasteiger partial charge on any atom is -0.363 e. The normalized spacial score (nSPS) is 24.4. The Morgan fingerprint density at radius 2 is 1.67 bits per heavy atom. The van der Waals surface area contributed by atoms with Crippen LogP contribution in [-0.4, -0.2) is 6.54 Å². The van der Waals surface area contributed by atoms with Crippen LogP contribution in [-0.2, 0) is 6.42 Å². The number of rotatable bonds is 0. The predicted octanol–water partition coefficient (Wildman–Crippen LogP) is 3.91. The van der Waals surface area contributed by atoms with Gasteiger partial charge in [0.2, 0.25) is 0 Å². The third-order valence-electron chi connectivity index (χ3n) is 4.54. The van der Waals surface area contributed by atoms with E-state index in [2.05, 4.69) is 60.4 Å². The number of hydrogen-bond acceptors (Lipinski definition) is 1. The van der Waals surface area contributed by atoms with Crippen molar-refractivity contribution in [3.63, 3.8) is 0 Å². The zero-order valence-corrected chi connectivity index (χ0v) is 10.6. The van der Waals surface area contributed by atoms with Gasteiger partial charge in [-0.1, -0.05) is 49.4 Å². The first-order chi connectivity index (χ1) is 8.86. The number of nitrogens with zero attached hydrogens (tertiary/aromatic N) is 1. The maximum absolute atomic E-state index is 2.60. The first kappa shape index (κ1) is 10.2. The molecule has 0 fully saturated rings. The highest BCUT2D eigenvalue weighted by Crippen LogP contribution is 2.50. The van der Waals surface area contributed by atoms with Crippen molar-refractivity contribution >= 4 is 5.69 Å². The zero-order chi connectivity index (χ0) is 12.1. The Morgan fingerprint density at radius 1 is 0.944 bits per heavy atom. The Hall–Kier alpha value is -1.76. The second kappa shape index (κ2) is 3.61. The van der Waals surface area contributed by atoms with Crippen molar-refractivity contribution in [3.05, 3.63) is 65.2 Å². The molecule has 2 heterocycles. The molecular weight excluding hydrogens is 218 g/mol. The van der Waals surface area contributed by atoms with E-state index in [-0.39, 0.29) is 0 Å². The van der Waals surface area contributed by atoms with Gasteiger partial charge < -0.3 is 4.90 Å². The zero-order valence-electron chi connectivity index (χ0n) is 10.6. The molecule has 0 amide bonds. The fraction of sp³-hybridized carbons (Fsp3) is 0.294. The van der Waals surface area contributed by atoms with E-state index in [0.29, 0.717) is 12.0 Å². The average molecular weight is 235 g/mol. The molecule has 0 saturated carbocycles. The molecule has 2 aliphatic rings. The van der Waals surface area contributed by atoms with E-state index in [1.807, 2.05) is 0 Å². The summed E-state index contributed by atoms with van der Waals surface area (Å²) in [4.78, 5) is 2.60. The largest absolute Gasteiger partial charge is 0.363 e. The molecule has 2 aliphatic heterocycles. The summed E-state index contributed by atoms with van der Waals surface area (Å²) in [6, 6.07) is 18.4. The Morgan fingerprint density at radius 3 is 2.56 bits per heavy atom. The third-order valence-corrected chi connectivity index (χ3v) is 4.54. The van der Waals surface area contributed by atoms with E-state index >= 15 is 0 Å². The van der Waals surface area contributed by atoms with Crippen LogP contribution in [0.1, 0.15) is 35.6 Å². The summed E-state index contributed by atoms with van der Waals surface area (Å²) in [5.74, 6) is 0.600. The van der Waals surface area contributed by atoms with Crippen molar-refractivity contribution in [1.82, 2.24) is 0 Å². The summed E-state index contributed by atoms with van der Waals surface area (Å²) in [6.07, 6.45) is 1.17. The van der Waals surface area contributed by atoms with Gasteiger partial charge >= 0.3 is 0 Å². The van der Waals surface area contributed by atoms with Gasteiger partial charge in [-0.2, -0.15) is 0 Å². The molecule has 90 valence electrons. The molecule has 0 aliphatic carbocycles. The molecule has 0 N–H and O–H groups in total. The third kappa shape index (κ3) is 1.22. The molecule has 4 rings (SSSR count). The maximum atomic E-state index is 2.60. The molecular formula is C17H17N. The molecule has 0 saturated heterocycles. The molecule has 0 spiro atoms. The Labute approximate surface area is 108 Å². The molecule has 0 bridgehead atoms. The number of benzene rings is 2. The standard InChI is InChI=1S/C17H17N/c1-12-14-7-4-5-9-16(14)18-11-10-13-6-2-3-8-15(13)17(12)18/h2-9,12,17H,10-11H2,1H3. The lowest BCUT2D eigenvalue weighted by atomic mass is 9.86. The summed E-state index contributed by atoms with van der Waals surface area (Å²) < 4.78 is 0. The average Bonchev–Trinajstić information content (AvgIpc) is 2.73. The highest BCUT2D eigenvalue weighted by Gasteiger charge is 2.39. The van der Waals surface area contributed by atoms with Crippen LogP contribution in [0.4, 0.5) is 5.69 Å². The van der Waals surface area contributed by atoms with Crippen LogP contribution in [0.2, 0.25) is 0 Å². The molecule has 2 unspecified atom stereocenters. The van der Waals surface area contributed by atoms with Gasteiger partial charge in [0.05, 0.1) is 6.04 Å². The van der Waals surface area contributed by atoms with E-state index in [4.69, 9.17) is 0 Å². The van der Waals surface area contributed by atoms with Crippen LogP contribution < -0.4 is 4.90 Å². The second-order valence-corrected chi connectivity index (χ2v) is 5.43. The van der Waals surface area contributed by atoms with Crippen LogP contribution in [0, 0.1) is 0 Å². The SMILES string of the molecule is CC1c2ccccc2N2CCc3ccccc3C12. The molecule has 18 heavy (non-hydrogen) atoms. The minimum atomic E-state index is 0.548. The van der Waals surface area contributed by atoms with E-state index in [1.54, 1.807) is 5.56 Å². The van der Waals surface area contributed by atoms with Gasteiger partial charge in [0.25, 0.3) is 0 Å². The summed E-state index contributed by atoms with van der Waals surface area (Å²) in [6.45, 7) is 3.52. The highest BCUT2D eigenvalue weighted by atomic mass is 15.2. The van der Waals surface area contributed by atoms with E-state index in [1.165, 1.54) is 23.2 Å². The van der Waals surface area contributed by atoms with Gasteiger partial charge in [-0.25, -0.2) is 0 Å². The highest BCUT2D eigenvalue weighted by molar-refractivity contribution is 5.64. The first-order valence-electron chi connectivity index (χ1n) is 6.79. The van der Waals surface area contributed by atoms with Crippen LogP contribution in [0.25, 0.3) is 0 Å². The quantitative estimate of drug-likeness (QED) is 0.669. The summed E-state index contributed by atoms with van der Waals surface area (Å²) in [5, 5.41) is 0. The molecule has 1 nitrogen and oxygen atoms in total. The van der Waals surface area contributed by atoms with Crippen molar-refractivity contribution in [3.8, 4) is 0 Å². The van der Waals surface area contributed by atoms with Crippen LogP contribution in [0.3, 0.4) is 0 Å². The smallest absolute Gasteiger partial charge is 0.0611 e. The molecule has 2 atom stereocenters. The molecule has 2 aromatic rings. The Bertz CT molecular complexity index is 602. The van der Waals surface area contributed by atoms with Gasteiger partial charge in [0.15, 0.2) is 0 Å². The molecule has 0 radical (unpaired) electrons. The lowest BCUT2D eigenvalue weighted by Gasteiger charge is -2.35. The predicted molar refractivity (Wildman–Crippen MR) is 75.1 cm³/mol. The number of hydrogen-bond donors (Lipinski definition) is 0. The van der Waals surface area contributed by atoms with E-state index < -0.39 is 0 Å². The lowest BCUT2D eigenvalue weighted by molar-refractivity contribution is 0.549.